The maximum absolute atomic E-state index is 10.6. The Balaban J connectivity index is 3.97. The van der Waals surface area contributed by atoms with Gasteiger partial charge in [0.25, 0.3) is 0 Å². The monoisotopic (exact) mass is 169 g/mol. The van der Waals surface area contributed by atoms with Gasteiger partial charge in [-0.3, -0.25) is 4.79 Å². The van der Waals surface area contributed by atoms with E-state index < -0.39 is 5.97 Å². The van der Waals surface area contributed by atoms with Crippen LogP contribution < -0.4 is 0 Å². The standard InChI is InChI=1S/C9H15NO2/c1-3-4-8(9(11)12)5-7(2)6-10/h7-8H,3-5H2,1-2H3,(H,11,12). The number of carboxylic acid groups (broad SMARTS) is 1. The second-order valence-corrected chi connectivity index (χ2v) is 3.09. The van der Waals surface area contributed by atoms with Gasteiger partial charge < -0.3 is 5.11 Å². The maximum Gasteiger partial charge on any atom is 0.306 e. The van der Waals surface area contributed by atoms with E-state index in [1.165, 1.54) is 0 Å². The molecule has 0 heterocycles. The number of carbonyl (C=O) groups is 1. The predicted octanol–water partition coefficient (Wildman–Crippen LogP) is 2.04. The lowest BCUT2D eigenvalue weighted by atomic mass is 9.93. The lowest BCUT2D eigenvalue weighted by Gasteiger charge is -2.11. The highest BCUT2D eigenvalue weighted by molar-refractivity contribution is 5.69. The summed E-state index contributed by atoms with van der Waals surface area (Å²) in [6.07, 6.45) is 2.00. The van der Waals surface area contributed by atoms with E-state index in [0.717, 1.165) is 6.42 Å². The van der Waals surface area contributed by atoms with Gasteiger partial charge in [-0.2, -0.15) is 5.26 Å². The first-order valence-corrected chi connectivity index (χ1v) is 4.24. The minimum absolute atomic E-state index is 0.155. The molecule has 0 rings (SSSR count). The van der Waals surface area contributed by atoms with Crippen LogP contribution in [0.1, 0.15) is 33.1 Å². The van der Waals surface area contributed by atoms with Crippen molar-refractivity contribution in [1.82, 2.24) is 0 Å². The van der Waals surface area contributed by atoms with Crippen molar-refractivity contribution in [3.8, 4) is 6.07 Å². The van der Waals surface area contributed by atoms with Crippen LogP contribution in [0.25, 0.3) is 0 Å². The zero-order valence-corrected chi connectivity index (χ0v) is 7.58. The summed E-state index contributed by atoms with van der Waals surface area (Å²) in [5, 5.41) is 17.2. The summed E-state index contributed by atoms with van der Waals surface area (Å²) in [5.41, 5.74) is 0. The van der Waals surface area contributed by atoms with Crippen LogP contribution in [0.2, 0.25) is 0 Å². The van der Waals surface area contributed by atoms with Crippen molar-refractivity contribution in [1.29, 1.82) is 5.26 Å². The van der Waals surface area contributed by atoms with Crippen LogP contribution in [0.3, 0.4) is 0 Å². The van der Waals surface area contributed by atoms with E-state index >= 15 is 0 Å². The van der Waals surface area contributed by atoms with Crippen LogP contribution in [0.4, 0.5) is 0 Å². The predicted molar refractivity (Wildman–Crippen MR) is 45.4 cm³/mol. The molecule has 0 aliphatic rings. The van der Waals surface area contributed by atoms with Crippen LogP contribution in [0, 0.1) is 23.2 Å². The van der Waals surface area contributed by atoms with Gasteiger partial charge in [-0.05, 0) is 19.8 Å². The Kier molecular flexibility index (Phi) is 5.11. The van der Waals surface area contributed by atoms with Gasteiger partial charge in [0.2, 0.25) is 0 Å². The molecule has 0 amide bonds. The van der Waals surface area contributed by atoms with Crippen molar-refractivity contribution in [2.24, 2.45) is 11.8 Å². The summed E-state index contributed by atoms with van der Waals surface area (Å²) in [6, 6.07) is 2.05. The lowest BCUT2D eigenvalue weighted by Crippen LogP contribution is -2.16. The van der Waals surface area contributed by atoms with Gasteiger partial charge in [-0.15, -0.1) is 0 Å². The molecule has 12 heavy (non-hydrogen) atoms. The molecule has 0 saturated carbocycles. The Bertz CT molecular complexity index is 183. The molecule has 2 atom stereocenters. The smallest absolute Gasteiger partial charge is 0.306 e. The third kappa shape index (κ3) is 3.97. The first-order chi connectivity index (χ1) is 5.61. The Morgan fingerprint density at radius 1 is 1.67 bits per heavy atom. The zero-order chi connectivity index (χ0) is 9.56. The molecule has 0 aliphatic carbocycles. The summed E-state index contributed by atoms with van der Waals surface area (Å²) < 4.78 is 0. The molecule has 0 aromatic carbocycles. The first-order valence-electron chi connectivity index (χ1n) is 4.24. The van der Waals surface area contributed by atoms with Crippen LogP contribution in [-0.2, 0) is 4.79 Å². The second kappa shape index (κ2) is 5.59. The Hall–Kier alpha value is -1.04. The number of hydrogen-bond acceptors (Lipinski definition) is 2. The molecule has 0 bridgehead atoms. The summed E-state index contributed by atoms with van der Waals surface area (Å²) >= 11 is 0. The quantitative estimate of drug-likeness (QED) is 0.685. The Labute approximate surface area is 73.0 Å². The van der Waals surface area contributed by atoms with E-state index in [4.69, 9.17) is 10.4 Å². The van der Waals surface area contributed by atoms with Gasteiger partial charge >= 0.3 is 5.97 Å². The van der Waals surface area contributed by atoms with Crippen molar-refractivity contribution in [2.75, 3.05) is 0 Å². The molecule has 68 valence electrons. The molecule has 3 nitrogen and oxygen atoms in total. The SMILES string of the molecule is CCCC(CC(C)C#N)C(=O)O. The highest BCUT2D eigenvalue weighted by Crippen LogP contribution is 2.16. The third-order valence-corrected chi connectivity index (χ3v) is 1.84. The third-order valence-electron chi connectivity index (χ3n) is 1.84. The zero-order valence-electron chi connectivity index (χ0n) is 7.58. The van der Waals surface area contributed by atoms with E-state index in [-0.39, 0.29) is 11.8 Å². The molecule has 1 N–H and O–H groups in total. The molecule has 0 fully saturated rings. The average molecular weight is 169 g/mol. The van der Waals surface area contributed by atoms with Gasteiger partial charge in [-0.25, -0.2) is 0 Å². The van der Waals surface area contributed by atoms with Gasteiger partial charge in [0.15, 0.2) is 0 Å². The topological polar surface area (TPSA) is 61.1 Å². The number of nitrogens with zero attached hydrogens (tertiary/aromatic N) is 1. The summed E-state index contributed by atoms with van der Waals surface area (Å²) in [4.78, 5) is 10.6. The van der Waals surface area contributed by atoms with E-state index in [1.807, 2.05) is 13.0 Å². The summed E-state index contributed by atoms with van der Waals surface area (Å²) in [5.74, 6) is -1.28. The lowest BCUT2D eigenvalue weighted by molar-refractivity contribution is -0.142. The summed E-state index contributed by atoms with van der Waals surface area (Å²) in [6.45, 7) is 3.71. The number of nitriles is 1. The van der Waals surface area contributed by atoms with Crippen LogP contribution in [-0.4, -0.2) is 11.1 Å². The van der Waals surface area contributed by atoms with E-state index in [2.05, 4.69) is 0 Å². The molecular weight excluding hydrogens is 154 g/mol. The molecule has 0 aromatic rings. The van der Waals surface area contributed by atoms with Crippen LogP contribution in [0.5, 0.6) is 0 Å². The molecule has 2 unspecified atom stereocenters. The molecular formula is C9H15NO2. The molecule has 0 aliphatic heterocycles. The maximum atomic E-state index is 10.6. The Morgan fingerprint density at radius 3 is 2.58 bits per heavy atom. The van der Waals surface area contributed by atoms with Gasteiger partial charge in [0.1, 0.15) is 0 Å². The normalized spacial score (nSPS) is 14.8. The van der Waals surface area contributed by atoms with Gasteiger partial charge in [-0.1, -0.05) is 13.3 Å². The van der Waals surface area contributed by atoms with E-state index in [1.54, 1.807) is 6.92 Å². The number of hydrogen-bond donors (Lipinski definition) is 1. The molecule has 0 aromatic heterocycles. The van der Waals surface area contributed by atoms with Gasteiger partial charge in [0, 0.05) is 5.92 Å². The van der Waals surface area contributed by atoms with Crippen molar-refractivity contribution in [3.05, 3.63) is 0 Å². The summed E-state index contributed by atoms with van der Waals surface area (Å²) in [7, 11) is 0. The number of carboxylic acids is 1. The minimum atomic E-state index is -0.779. The van der Waals surface area contributed by atoms with Crippen LogP contribution >= 0.6 is 0 Å². The van der Waals surface area contributed by atoms with Crippen LogP contribution in [0.15, 0.2) is 0 Å². The molecule has 0 radical (unpaired) electrons. The highest BCUT2D eigenvalue weighted by Gasteiger charge is 2.18. The number of aliphatic carboxylic acids is 1. The average Bonchev–Trinajstić information content (AvgIpc) is 2.03. The highest BCUT2D eigenvalue weighted by atomic mass is 16.4. The van der Waals surface area contributed by atoms with Crippen molar-refractivity contribution in [2.45, 2.75) is 33.1 Å². The van der Waals surface area contributed by atoms with Crippen molar-refractivity contribution >= 4 is 5.97 Å². The molecule has 0 spiro atoms. The second-order valence-electron chi connectivity index (χ2n) is 3.09. The number of rotatable bonds is 5. The fourth-order valence-corrected chi connectivity index (χ4v) is 1.17. The fraction of sp³-hybridized carbons (Fsp3) is 0.778. The van der Waals surface area contributed by atoms with Crippen molar-refractivity contribution < 1.29 is 9.90 Å². The fourth-order valence-electron chi connectivity index (χ4n) is 1.17. The molecule has 3 heteroatoms. The van der Waals surface area contributed by atoms with E-state index in [0.29, 0.717) is 12.8 Å². The largest absolute Gasteiger partial charge is 0.481 e. The van der Waals surface area contributed by atoms with E-state index in [9.17, 15) is 4.79 Å². The molecule has 0 saturated heterocycles. The first kappa shape index (κ1) is 11.0. The van der Waals surface area contributed by atoms with Crippen molar-refractivity contribution in [3.63, 3.8) is 0 Å². The minimum Gasteiger partial charge on any atom is -0.481 e. The Morgan fingerprint density at radius 2 is 2.25 bits per heavy atom. The van der Waals surface area contributed by atoms with Gasteiger partial charge in [0.05, 0.1) is 12.0 Å².